The molecule has 0 aliphatic carbocycles. The van der Waals surface area contributed by atoms with E-state index in [1.807, 2.05) is 0 Å². The molecule has 104 valence electrons. The minimum absolute atomic E-state index is 0.169. The Morgan fingerprint density at radius 2 is 1.95 bits per heavy atom. The van der Waals surface area contributed by atoms with Crippen molar-refractivity contribution in [3.05, 3.63) is 17.5 Å². The second kappa shape index (κ2) is 5.61. The fourth-order valence-electron chi connectivity index (χ4n) is 1.91. The Morgan fingerprint density at radius 3 is 2.58 bits per heavy atom. The number of carbonyl (C=O) groups is 1. The van der Waals surface area contributed by atoms with Crippen LogP contribution in [0.3, 0.4) is 0 Å². The number of nitrogens with zero attached hydrogens (tertiary/aromatic N) is 3. The number of carbonyl (C=O) groups excluding carboxylic acids is 1. The molecule has 2 amide bonds. The lowest BCUT2D eigenvalue weighted by Gasteiger charge is -2.36. The van der Waals surface area contributed by atoms with Crippen LogP contribution in [0, 0.1) is 5.41 Å². The summed E-state index contributed by atoms with van der Waals surface area (Å²) in [5.41, 5.74) is 5.59. The van der Waals surface area contributed by atoms with Crippen LogP contribution in [0.15, 0.2) is 12.4 Å². The van der Waals surface area contributed by atoms with Crippen LogP contribution in [0.25, 0.3) is 0 Å². The third-order valence-electron chi connectivity index (χ3n) is 3.35. The molecule has 1 saturated heterocycles. The van der Waals surface area contributed by atoms with Crippen molar-refractivity contribution in [2.75, 3.05) is 18.5 Å². The van der Waals surface area contributed by atoms with Gasteiger partial charge in [-0.05, 0) is 18.3 Å². The first-order valence-electron chi connectivity index (χ1n) is 6.25. The summed E-state index contributed by atoms with van der Waals surface area (Å²) >= 11 is 5.83. The first kappa shape index (κ1) is 13.9. The number of piperidine rings is 1. The number of anilines is 1. The Labute approximate surface area is 117 Å². The summed E-state index contributed by atoms with van der Waals surface area (Å²) in [7, 11) is 0. The first-order chi connectivity index (χ1) is 8.98. The van der Waals surface area contributed by atoms with Crippen LogP contribution in [0.5, 0.6) is 0 Å². The van der Waals surface area contributed by atoms with Crippen LogP contribution in [0.2, 0.25) is 5.15 Å². The largest absolute Gasteiger partial charge is 0.336 e. The zero-order valence-corrected chi connectivity index (χ0v) is 11.9. The van der Waals surface area contributed by atoms with Crippen LogP contribution < -0.4 is 10.9 Å². The van der Waals surface area contributed by atoms with Crippen LogP contribution in [-0.2, 0) is 0 Å². The predicted molar refractivity (Wildman–Crippen MR) is 73.8 cm³/mol. The quantitative estimate of drug-likeness (QED) is 0.817. The van der Waals surface area contributed by atoms with E-state index in [9.17, 15) is 4.79 Å². The predicted octanol–water partition coefficient (Wildman–Crippen LogP) is 2.29. The molecule has 1 aromatic heterocycles. The van der Waals surface area contributed by atoms with E-state index in [2.05, 4.69) is 34.7 Å². The van der Waals surface area contributed by atoms with Gasteiger partial charge in [-0.15, -0.1) is 0 Å². The van der Waals surface area contributed by atoms with E-state index >= 15 is 0 Å². The highest BCUT2D eigenvalue weighted by atomic mass is 35.5. The molecule has 0 radical (unpaired) electrons. The Kier molecular flexibility index (Phi) is 4.09. The topological polar surface area (TPSA) is 70.2 Å². The lowest BCUT2D eigenvalue weighted by molar-refractivity contribution is 0.141. The Bertz CT molecular complexity index is 455. The number of halogens is 1. The molecule has 1 fully saturated rings. The Hall–Kier alpha value is -1.56. The Morgan fingerprint density at radius 1 is 1.32 bits per heavy atom. The average molecular weight is 284 g/mol. The van der Waals surface area contributed by atoms with E-state index in [-0.39, 0.29) is 11.2 Å². The van der Waals surface area contributed by atoms with Crippen molar-refractivity contribution < 1.29 is 4.79 Å². The van der Waals surface area contributed by atoms with E-state index in [4.69, 9.17) is 11.6 Å². The fourth-order valence-corrected chi connectivity index (χ4v) is 2.06. The zero-order valence-electron chi connectivity index (χ0n) is 11.1. The van der Waals surface area contributed by atoms with E-state index in [0.717, 1.165) is 25.9 Å². The molecule has 2 N–H and O–H groups in total. The van der Waals surface area contributed by atoms with Crippen molar-refractivity contribution in [2.24, 2.45) is 5.41 Å². The van der Waals surface area contributed by atoms with Gasteiger partial charge in [0.05, 0.1) is 0 Å². The second-order valence-corrected chi connectivity index (χ2v) is 5.76. The number of urea groups is 1. The van der Waals surface area contributed by atoms with E-state index < -0.39 is 0 Å². The number of likely N-dealkylation sites (tertiary alicyclic amines) is 1. The maximum absolute atomic E-state index is 12.0. The molecule has 7 heteroatoms. The molecule has 0 aromatic carbocycles. The van der Waals surface area contributed by atoms with Gasteiger partial charge in [0.2, 0.25) is 0 Å². The van der Waals surface area contributed by atoms with Crippen molar-refractivity contribution in [3.63, 3.8) is 0 Å². The van der Waals surface area contributed by atoms with Gasteiger partial charge < -0.3 is 4.90 Å². The summed E-state index contributed by atoms with van der Waals surface area (Å²) in [6.07, 6.45) is 5.00. The van der Waals surface area contributed by atoms with Crippen molar-refractivity contribution in [2.45, 2.75) is 26.7 Å². The van der Waals surface area contributed by atoms with Gasteiger partial charge in [0.25, 0.3) is 0 Å². The smallest absolute Gasteiger partial charge is 0.323 e. The summed E-state index contributed by atoms with van der Waals surface area (Å²) in [6, 6.07) is -0.169. The number of amides is 2. The number of nitrogens with one attached hydrogen (secondary N) is 2. The van der Waals surface area contributed by atoms with Gasteiger partial charge in [0.1, 0.15) is 0 Å². The molecular weight excluding hydrogens is 266 g/mol. The van der Waals surface area contributed by atoms with Gasteiger partial charge >= 0.3 is 6.03 Å². The molecule has 6 nitrogen and oxygen atoms in total. The summed E-state index contributed by atoms with van der Waals surface area (Å²) in [5, 5.41) is 0.225. The fraction of sp³-hybridized carbons (Fsp3) is 0.583. The van der Waals surface area contributed by atoms with Gasteiger partial charge in [0, 0.05) is 25.5 Å². The highest BCUT2D eigenvalue weighted by molar-refractivity contribution is 6.31. The number of hydrogen-bond donors (Lipinski definition) is 2. The molecular formula is C12H18ClN5O. The third-order valence-corrected chi connectivity index (χ3v) is 3.62. The molecule has 1 aliphatic heterocycles. The molecule has 0 spiro atoms. The van der Waals surface area contributed by atoms with E-state index in [0.29, 0.717) is 11.2 Å². The zero-order chi connectivity index (χ0) is 13.9. The summed E-state index contributed by atoms with van der Waals surface area (Å²) < 4.78 is 0. The van der Waals surface area contributed by atoms with Gasteiger partial charge in [0.15, 0.2) is 11.0 Å². The SMILES string of the molecule is CC1(C)CCN(C(=O)NNc2nccnc2Cl)CC1. The lowest BCUT2D eigenvalue weighted by atomic mass is 9.83. The maximum atomic E-state index is 12.0. The molecule has 19 heavy (non-hydrogen) atoms. The molecule has 2 heterocycles. The molecule has 1 aromatic rings. The molecule has 1 aliphatic rings. The molecule has 0 bridgehead atoms. The summed E-state index contributed by atoms with van der Waals surface area (Å²) in [4.78, 5) is 21.6. The van der Waals surface area contributed by atoms with Crippen LogP contribution in [0.4, 0.5) is 10.6 Å². The van der Waals surface area contributed by atoms with Crippen molar-refractivity contribution >= 4 is 23.4 Å². The maximum Gasteiger partial charge on any atom is 0.336 e. The molecule has 0 unspecified atom stereocenters. The highest BCUT2D eigenvalue weighted by Crippen LogP contribution is 2.29. The van der Waals surface area contributed by atoms with E-state index in [1.54, 1.807) is 4.90 Å². The van der Waals surface area contributed by atoms with Crippen LogP contribution in [0.1, 0.15) is 26.7 Å². The average Bonchev–Trinajstić information content (AvgIpc) is 2.37. The highest BCUT2D eigenvalue weighted by Gasteiger charge is 2.27. The van der Waals surface area contributed by atoms with Crippen molar-refractivity contribution in [1.82, 2.24) is 20.3 Å². The van der Waals surface area contributed by atoms with E-state index in [1.165, 1.54) is 12.4 Å². The summed E-state index contributed by atoms with van der Waals surface area (Å²) in [5.74, 6) is 0.342. The minimum atomic E-state index is -0.169. The number of rotatable bonds is 2. The van der Waals surface area contributed by atoms with Gasteiger partial charge in [-0.25, -0.2) is 14.8 Å². The number of hydrazine groups is 1. The van der Waals surface area contributed by atoms with Crippen LogP contribution >= 0.6 is 11.6 Å². The van der Waals surface area contributed by atoms with Gasteiger partial charge in [-0.1, -0.05) is 25.4 Å². The van der Waals surface area contributed by atoms with Gasteiger partial charge in [-0.2, -0.15) is 0 Å². The van der Waals surface area contributed by atoms with Gasteiger partial charge in [-0.3, -0.25) is 10.9 Å². The number of aromatic nitrogens is 2. The lowest BCUT2D eigenvalue weighted by Crippen LogP contribution is -2.47. The van der Waals surface area contributed by atoms with Crippen molar-refractivity contribution in [3.8, 4) is 0 Å². The normalized spacial score (nSPS) is 17.9. The standard InChI is InChI=1S/C12H18ClN5O/c1-12(2)3-7-18(8-4-12)11(19)17-16-10-9(13)14-5-6-15-10/h5-6H,3-4,7-8H2,1-2H3,(H,15,16)(H,17,19). The second-order valence-electron chi connectivity index (χ2n) is 5.40. The minimum Gasteiger partial charge on any atom is -0.323 e. The molecule has 2 rings (SSSR count). The van der Waals surface area contributed by atoms with Crippen molar-refractivity contribution in [1.29, 1.82) is 0 Å². The third kappa shape index (κ3) is 3.70. The Balaban J connectivity index is 1.84. The summed E-state index contributed by atoms with van der Waals surface area (Å²) in [6.45, 7) is 5.96. The molecule has 0 saturated carbocycles. The number of hydrogen-bond acceptors (Lipinski definition) is 4. The van der Waals surface area contributed by atoms with Crippen LogP contribution in [-0.4, -0.2) is 34.0 Å². The first-order valence-corrected chi connectivity index (χ1v) is 6.63. The monoisotopic (exact) mass is 283 g/mol. The molecule has 0 atom stereocenters.